The molecular weight excluding hydrogens is 468 g/mol. The van der Waals surface area contributed by atoms with Gasteiger partial charge < -0.3 is 19.9 Å². The van der Waals surface area contributed by atoms with Crippen molar-refractivity contribution in [3.05, 3.63) is 53.6 Å². The number of aryl methyl sites for hydroxylation is 2. The summed E-state index contributed by atoms with van der Waals surface area (Å²) < 4.78 is 33.7. The molecule has 186 valence electrons. The maximum Gasteiger partial charge on any atom is 0.262 e. The van der Waals surface area contributed by atoms with Crippen LogP contribution in [0.15, 0.2) is 47.4 Å². The molecule has 1 N–H and O–H groups in total. The highest BCUT2D eigenvalue weighted by Gasteiger charge is 2.34. The summed E-state index contributed by atoms with van der Waals surface area (Å²) in [5, 5.41) is 2.60. The number of hydrogen-bond donors (Lipinski definition) is 1. The summed E-state index contributed by atoms with van der Waals surface area (Å²) in [6.07, 6.45) is 2.29. The van der Waals surface area contributed by atoms with Crippen LogP contribution in [0.25, 0.3) is 0 Å². The molecule has 1 atom stereocenters. The summed E-state index contributed by atoms with van der Waals surface area (Å²) in [6.45, 7) is 1.51. The molecule has 0 unspecified atom stereocenters. The maximum absolute atomic E-state index is 13.2. The molecule has 10 heteroatoms. The van der Waals surface area contributed by atoms with Crippen LogP contribution < -0.4 is 15.0 Å². The molecule has 2 aromatic rings. The van der Waals surface area contributed by atoms with Gasteiger partial charge in [-0.1, -0.05) is 18.2 Å². The number of para-hydroxylation sites is 2. The first kappa shape index (κ1) is 23.6. The number of likely N-dealkylation sites (N-methyl/N-ethyl adjacent to an activating group) is 1. The third-order valence-corrected chi connectivity index (χ3v) is 8.92. The zero-order valence-corrected chi connectivity index (χ0v) is 20.6. The lowest BCUT2D eigenvalue weighted by Crippen LogP contribution is -2.54. The molecule has 5 rings (SSSR count). The van der Waals surface area contributed by atoms with Crippen molar-refractivity contribution in [3.8, 4) is 5.75 Å². The van der Waals surface area contributed by atoms with Gasteiger partial charge >= 0.3 is 0 Å². The van der Waals surface area contributed by atoms with E-state index in [1.54, 1.807) is 24.1 Å². The lowest BCUT2D eigenvalue weighted by Gasteiger charge is -2.38. The zero-order valence-electron chi connectivity index (χ0n) is 19.8. The molecule has 0 saturated carbocycles. The first-order chi connectivity index (χ1) is 16.9. The van der Waals surface area contributed by atoms with Crippen molar-refractivity contribution in [3.63, 3.8) is 0 Å². The number of carbonyl (C=O) groups is 2. The molecule has 0 radical (unpaired) electrons. The van der Waals surface area contributed by atoms with E-state index in [1.807, 2.05) is 35.2 Å². The van der Waals surface area contributed by atoms with Gasteiger partial charge in [0.2, 0.25) is 15.9 Å². The molecule has 2 aliphatic heterocycles. The molecule has 2 aromatic carbocycles. The van der Waals surface area contributed by atoms with E-state index in [4.69, 9.17) is 4.74 Å². The van der Waals surface area contributed by atoms with Crippen LogP contribution in [0.3, 0.4) is 0 Å². The number of carbonyl (C=O) groups excluding carboxylic acids is 2. The van der Waals surface area contributed by atoms with Crippen LogP contribution in [0.2, 0.25) is 0 Å². The molecular formula is C25H30N4O5S. The van der Waals surface area contributed by atoms with Gasteiger partial charge in [-0.05, 0) is 54.7 Å². The van der Waals surface area contributed by atoms with Crippen LogP contribution in [-0.2, 0) is 32.5 Å². The zero-order chi connectivity index (χ0) is 24.6. The van der Waals surface area contributed by atoms with Gasteiger partial charge in [-0.25, -0.2) is 8.42 Å². The topological polar surface area (TPSA) is 99.3 Å². The number of nitrogens with zero attached hydrogens (tertiary/aromatic N) is 3. The first-order valence-corrected chi connectivity index (χ1v) is 13.4. The van der Waals surface area contributed by atoms with Crippen LogP contribution in [0.1, 0.15) is 17.5 Å². The van der Waals surface area contributed by atoms with Crippen LogP contribution in [0, 0.1) is 0 Å². The molecule has 0 spiro atoms. The Morgan fingerprint density at radius 3 is 2.54 bits per heavy atom. The summed E-state index contributed by atoms with van der Waals surface area (Å²) in [7, 11) is -2.04. The Balaban J connectivity index is 1.23. The second-order valence-electron chi connectivity index (χ2n) is 9.14. The lowest BCUT2D eigenvalue weighted by atomic mass is 10.1. The molecule has 2 amide bonds. The monoisotopic (exact) mass is 498 g/mol. The van der Waals surface area contributed by atoms with Gasteiger partial charge in [-0.3, -0.25) is 9.59 Å². The van der Waals surface area contributed by atoms with Crippen molar-refractivity contribution in [1.82, 2.24) is 14.5 Å². The van der Waals surface area contributed by atoms with Crippen molar-refractivity contribution in [1.29, 1.82) is 0 Å². The highest BCUT2D eigenvalue weighted by Crippen LogP contribution is 2.33. The van der Waals surface area contributed by atoms with Crippen LogP contribution >= 0.6 is 0 Å². The third kappa shape index (κ3) is 4.60. The molecule has 1 aliphatic carbocycles. The SMILES string of the molecule is CNC(=O)[C@@H]1CN(CC(=O)N2CCN(S(=O)(=O)c3ccc4c(c3)CCC4)CC2)c2ccccc2O1. The minimum Gasteiger partial charge on any atom is -0.477 e. The second kappa shape index (κ2) is 9.50. The Kier molecular flexibility index (Phi) is 6.41. The average molecular weight is 499 g/mol. The molecule has 9 nitrogen and oxygen atoms in total. The average Bonchev–Trinajstić information content (AvgIpc) is 3.36. The fraction of sp³-hybridized carbons (Fsp3) is 0.440. The highest BCUT2D eigenvalue weighted by molar-refractivity contribution is 7.89. The van der Waals surface area contributed by atoms with E-state index in [-0.39, 0.29) is 38.0 Å². The van der Waals surface area contributed by atoms with E-state index >= 15 is 0 Å². The van der Waals surface area contributed by atoms with Gasteiger partial charge in [0.15, 0.2) is 6.10 Å². The van der Waals surface area contributed by atoms with Gasteiger partial charge in [0.1, 0.15) is 5.75 Å². The number of rotatable bonds is 5. The number of sulfonamides is 1. The molecule has 1 fully saturated rings. The number of hydrogen-bond acceptors (Lipinski definition) is 6. The second-order valence-corrected chi connectivity index (χ2v) is 11.1. The normalized spacial score (nSPS) is 20.1. The smallest absolute Gasteiger partial charge is 0.262 e. The van der Waals surface area contributed by atoms with Crippen LogP contribution in [-0.4, -0.2) is 81.9 Å². The summed E-state index contributed by atoms with van der Waals surface area (Å²) >= 11 is 0. The lowest BCUT2D eigenvalue weighted by molar-refractivity contribution is -0.131. The quantitative estimate of drug-likeness (QED) is 0.661. The Hall–Kier alpha value is -3.11. The molecule has 1 saturated heterocycles. The third-order valence-electron chi connectivity index (χ3n) is 7.03. The van der Waals surface area contributed by atoms with Crippen LogP contribution in [0.4, 0.5) is 5.69 Å². The largest absolute Gasteiger partial charge is 0.477 e. The number of ether oxygens (including phenoxy) is 1. The first-order valence-electron chi connectivity index (χ1n) is 12.0. The summed E-state index contributed by atoms with van der Waals surface area (Å²) in [5.74, 6) is 0.208. The van der Waals surface area contributed by atoms with Gasteiger partial charge in [-0.2, -0.15) is 4.31 Å². The maximum atomic E-state index is 13.2. The van der Waals surface area contributed by atoms with E-state index in [0.29, 0.717) is 23.7 Å². The number of benzene rings is 2. The summed E-state index contributed by atoms with van der Waals surface area (Å²) in [6, 6.07) is 12.8. The Morgan fingerprint density at radius 1 is 1.03 bits per heavy atom. The number of piperazine rings is 1. The number of anilines is 1. The Bertz CT molecular complexity index is 1240. The van der Waals surface area contributed by atoms with E-state index < -0.39 is 16.1 Å². The van der Waals surface area contributed by atoms with Crippen molar-refractivity contribution in [2.45, 2.75) is 30.3 Å². The van der Waals surface area contributed by atoms with E-state index in [9.17, 15) is 18.0 Å². The van der Waals surface area contributed by atoms with Crippen molar-refractivity contribution in [2.75, 3.05) is 51.2 Å². The molecule has 0 aromatic heterocycles. The number of amides is 2. The van der Waals surface area contributed by atoms with E-state index in [0.717, 1.165) is 30.5 Å². The van der Waals surface area contributed by atoms with Crippen LogP contribution in [0.5, 0.6) is 5.75 Å². The number of fused-ring (bicyclic) bond motifs is 2. The number of nitrogens with one attached hydrogen (secondary N) is 1. The van der Waals surface area contributed by atoms with Gasteiger partial charge in [-0.15, -0.1) is 0 Å². The van der Waals surface area contributed by atoms with Crippen molar-refractivity contribution >= 4 is 27.5 Å². The highest BCUT2D eigenvalue weighted by atomic mass is 32.2. The molecule has 35 heavy (non-hydrogen) atoms. The predicted molar refractivity (Wildman–Crippen MR) is 131 cm³/mol. The van der Waals surface area contributed by atoms with Crippen molar-refractivity contribution < 1.29 is 22.7 Å². The Labute approximate surface area is 205 Å². The van der Waals surface area contributed by atoms with Gasteiger partial charge in [0.25, 0.3) is 5.91 Å². The summed E-state index contributed by atoms with van der Waals surface area (Å²) in [5.41, 5.74) is 3.13. The molecule has 3 aliphatic rings. The minimum absolute atomic E-state index is 0.0887. The van der Waals surface area contributed by atoms with Gasteiger partial charge in [0.05, 0.1) is 23.7 Å². The molecule has 2 heterocycles. The van der Waals surface area contributed by atoms with E-state index in [1.165, 1.54) is 9.87 Å². The fourth-order valence-electron chi connectivity index (χ4n) is 5.05. The minimum atomic E-state index is -3.60. The molecule has 0 bridgehead atoms. The standard InChI is InChI=1S/C25H30N4O5S/c1-26-25(31)23-16-28(21-7-2-3-8-22(21)34-23)17-24(30)27-11-13-29(14-12-27)35(32,33)20-10-9-18-5-4-6-19(18)15-20/h2-3,7-10,15,23H,4-6,11-14,16-17H2,1H3,(H,26,31)/t23-/m0/s1. The van der Waals surface area contributed by atoms with Gasteiger partial charge in [0, 0.05) is 33.2 Å². The van der Waals surface area contributed by atoms with Crippen molar-refractivity contribution in [2.24, 2.45) is 0 Å². The van der Waals surface area contributed by atoms with E-state index in [2.05, 4.69) is 5.32 Å². The Morgan fingerprint density at radius 2 is 1.77 bits per heavy atom. The predicted octanol–water partition coefficient (Wildman–Crippen LogP) is 1.02. The summed E-state index contributed by atoms with van der Waals surface area (Å²) in [4.78, 5) is 29.2. The fourth-order valence-corrected chi connectivity index (χ4v) is 6.53.